The van der Waals surface area contributed by atoms with Gasteiger partial charge < -0.3 is 18.6 Å². The summed E-state index contributed by atoms with van der Waals surface area (Å²) in [6, 6.07) is 6.54. The van der Waals surface area contributed by atoms with Crippen molar-refractivity contribution in [2.75, 3.05) is 0 Å². The first-order valence-corrected chi connectivity index (χ1v) is 10.1. The molecule has 0 spiro atoms. The van der Waals surface area contributed by atoms with Crippen molar-refractivity contribution in [2.45, 2.75) is 96.4 Å². The van der Waals surface area contributed by atoms with E-state index in [1.807, 2.05) is 55.4 Å². The van der Waals surface area contributed by atoms with E-state index in [1.165, 1.54) is 12.1 Å². The zero-order chi connectivity index (χ0) is 21.2. The highest BCUT2D eigenvalue weighted by Gasteiger charge is 2.61. The predicted octanol–water partition coefficient (Wildman–Crippen LogP) is 4.81. The first-order chi connectivity index (χ1) is 12.6. The highest BCUT2D eigenvalue weighted by Crippen LogP contribution is 2.47. The lowest BCUT2D eigenvalue weighted by Crippen LogP contribution is -2.46. The van der Waals surface area contributed by atoms with Crippen LogP contribution in [0.1, 0.15) is 67.9 Å². The topological polar surface area (TPSA) is 36.9 Å². The molecule has 3 rings (SSSR count). The van der Waals surface area contributed by atoms with Gasteiger partial charge in [0.2, 0.25) is 0 Å². The summed E-state index contributed by atoms with van der Waals surface area (Å²) in [7, 11) is -0.930. The van der Waals surface area contributed by atoms with Gasteiger partial charge in [-0.2, -0.15) is 0 Å². The molecule has 0 aliphatic carbocycles. The summed E-state index contributed by atoms with van der Waals surface area (Å²) >= 11 is 0. The van der Waals surface area contributed by atoms with Crippen LogP contribution >= 0.6 is 0 Å². The average Bonchev–Trinajstić information content (AvgIpc) is 2.87. The Balaban J connectivity index is 1.96. The largest absolute Gasteiger partial charge is 0.468 e. The number of hydrogen-bond donors (Lipinski definition) is 0. The van der Waals surface area contributed by atoms with Crippen molar-refractivity contribution >= 4 is 14.2 Å². The van der Waals surface area contributed by atoms with E-state index >= 15 is 0 Å². The zero-order valence-corrected chi connectivity index (χ0v) is 18.7. The van der Waals surface area contributed by atoms with Gasteiger partial charge in [0.1, 0.15) is 5.82 Å². The van der Waals surface area contributed by atoms with E-state index in [2.05, 4.69) is 6.92 Å². The molecule has 1 aromatic carbocycles. The number of halogens is 1. The molecular formula is C21H33B2FO4. The van der Waals surface area contributed by atoms with Crippen LogP contribution in [0.2, 0.25) is 6.32 Å². The minimum atomic E-state index is -0.583. The molecule has 1 atom stereocenters. The van der Waals surface area contributed by atoms with Gasteiger partial charge in [-0.25, -0.2) is 4.39 Å². The van der Waals surface area contributed by atoms with Gasteiger partial charge in [0.25, 0.3) is 0 Å². The SMILES string of the molecule is CC1(C)OB(C[C@@](C)(B2OC(C)(C)C(C)(C)O2)c2ccc(F)cc2)OC1(C)C. The first-order valence-electron chi connectivity index (χ1n) is 10.1. The van der Waals surface area contributed by atoms with E-state index in [1.54, 1.807) is 12.1 Å². The van der Waals surface area contributed by atoms with E-state index in [0.29, 0.717) is 6.32 Å². The monoisotopic (exact) mass is 390 g/mol. The maximum absolute atomic E-state index is 13.6. The number of benzene rings is 1. The van der Waals surface area contributed by atoms with Gasteiger partial charge in [-0.05, 0) is 79.4 Å². The summed E-state index contributed by atoms with van der Waals surface area (Å²) in [6.45, 7) is 18.4. The minimum absolute atomic E-state index is 0.268. The van der Waals surface area contributed by atoms with Gasteiger partial charge in [-0.3, -0.25) is 0 Å². The van der Waals surface area contributed by atoms with Gasteiger partial charge >= 0.3 is 14.2 Å². The summed E-state index contributed by atoms with van der Waals surface area (Å²) in [5.74, 6) is -0.268. The maximum Gasteiger partial charge on any atom is 0.468 e. The molecule has 0 saturated carbocycles. The van der Waals surface area contributed by atoms with Gasteiger partial charge in [-0.1, -0.05) is 19.1 Å². The van der Waals surface area contributed by atoms with Crippen LogP contribution in [0.4, 0.5) is 4.39 Å². The standard InChI is InChI=1S/C21H33B2FO4/c1-17(2)18(3,4)26-22(25-17)14-21(9,15-10-12-16(24)13-11-15)23-27-19(5,6)20(7,8)28-23/h10-13H,14H2,1-9H3/t21-/m1/s1. The third kappa shape index (κ3) is 3.55. The highest BCUT2D eigenvalue weighted by atomic mass is 19.1. The van der Waals surface area contributed by atoms with Crippen LogP contribution in [0.25, 0.3) is 0 Å². The molecule has 28 heavy (non-hydrogen) atoms. The van der Waals surface area contributed by atoms with Gasteiger partial charge in [0.05, 0.1) is 22.4 Å². The Bertz CT molecular complexity index is 700. The van der Waals surface area contributed by atoms with Crippen LogP contribution < -0.4 is 0 Å². The Morgan fingerprint density at radius 3 is 1.57 bits per heavy atom. The fraction of sp³-hybridized carbons (Fsp3) is 0.714. The Morgan fingerprint density at radius 2 is 1.14 bits per heavy atom. The Kier molecular flexibility index (Phi) is 5.11. The van der Waals surface area contributed by atoms with E-state index in [-0.39, 0.29) is 5.82 Å². The first kappa shape index (κ1) is 21.8. The summed E-state index contributed by atoms with van der Waals surface area (Å²) < 4.78 is 38.9. The molecule has 2 aliphatic heterocycles. The molecule has 0 N–H and O–H groups in total. The van der Waals surface area contributed by atoms with Crippen LogP contribution in [-0.4, -0.2) is 36.6 Å². The number of hydrogen-bond acceptors (Lipinski definition) is 4. The van der Waals surface area contributed by atoms with Gasteiger partial charge in [0, 0.05) is 5.31 Å². The molecule has 2 saturated heterocycles. The predicted molar refractivity (Wildman–Crippen MR) is 111 cm³/mol. The van der Waals surface area contributed by atoms with E-state index in [9.17, 15) is 4.39 Å². The molecule has 7 heteroatoms. The third-order valence-electron chi connectivity index (χ3n) is 7.17. The average molecular weight is 390 g/mol. The summed E-state index contributed by atoms with van der Waals surface area (Å²) in [5.41, 5.74) is -0.833. The second-order valence-corrected chi connectivity index (χ2v) is 10.4. The number of rotatable bonds is 4. The summed E-state index contributed by atoms with van der Waals surface area (Å²) in [4.78, 5) is 0. The second-order valence-electron chi connectivity index (χ2n) is 10.4. The Hall–Kier alpha value is -0.880. The quantitative estimate of drug-likeness (QED) is 0.692. The van der Waals surface area contributed by atoms with Crippen molar-refractivity contribution in [2.24, 2.45) is 0 Å². The zero-order valence-electron chi connectivity index (χ0n) is 18.7. The molecule has 154 valence electrons. The molecule has 1 aromatic rings. The van der Waals surface area contributed by atoms with Crippen LogP contribution in [0.5, 0.6) is 0 Å². The molecule has 0 aromatic heterocycles. The van der Waals surface area contributed by atoms with Crippen molar-refractivity contribution < 1.29 is 23.0 Å². The maximum atomic E-state index is 13.6. The summed E-state index contributed by atoms with van der Waals surface area (Å²) in [6.07, 6.45) is 0.530. The van der Waals surface area contributed by atoms with Gasteiger partial charge in [-0.15, -0.1) is 0 Å². The van der Waals surface area contributed by atoms with E-state index < -0.39 is 42.0 Å². The van der Waals surface area contributed by atoms with Crippen molar-refractivity contribution in [3.05, 3.63) is 35.6 Å². The Morgan fingerprint density at radius 1 is 0.750 bits per heavy atom. The fourth-order valence-electron chi connectivity index (χ4n) is 3.68. The lowest BCUT2D eigenvalue weighted by molar-refractivity contribution is 0.00578. The van der Waals surface area contributed by atoms with Crippen LogP contribution in [0.15, 0.2) is 24.3 Å². The molecule has 4 nitrogen and oxygen atoms in total. The van der Waals surface area contributed by atoms with Crippen LogP contribution in [0, 0.1) is 5.82 Å². The minimum Gasteiger partial charge on any atom is -0.403 e. The molecule has 2 aliphatic rings. The molecular weight excluding hydrogens is 357 g/mol. The van der Waals surface area contributed by atoms with Crippen LogP contribution in [-0.2, 0) is 23.9 Å². The van der Waals surface area contributed by atoms with Crippen molar-refractivity contribution in [3.63, 3.8) is 0 Å². The van der Waals surface area contributed by atoms with Crippen molar-refractivity contribution in [1.82, 2.24) is 0 Å². The van der Waals surface area contributed by atoms with Crippen molar-refractivity contribution in [3.8, 4) is 0 Å². The molecule has 0 bridgehead atoms. The van der Waals surface area contributed by atoms with Crippen LogP contribution in [0.3, 0.4) is 0 Å². The van der Waals surface area contributed by atoms with E-state index in [0.717, 1.165) is 5.56 Å². The molecule has 2 fully saturated rings. The lowest BCUT2D eigenvalue weighted by Gasteiger charge is -2.33. The molecule has 0 amide bonds. The third-order valence-corrected chi connectivity index (χ3v) is 7.17. The summed E-state index contributed by atoms with van der Waals surface area (Å²) in [5, 5.41) is -0.583. The molecule has 2 heterocycles. The fourth-order valence-corrected chi connectivity index (χ4v) is 3.68. The molecule has 0 unspecified atom stereocenters. The highest BCUT2D eigenvalue weighted by molar-refractivity contribution is 6.55. The molecule has 0 radical (unpaired) electrons. The van der Waals surface area contributed by atoms with E-state index in [4.69, 9.17) is 18.6 Å². The normalized spacial score (nSPS) is 27.1. The Labute approximate surface area is 169 Å². The van der Waals surface area contributed by atoms with Crippen molar-refractivity contribution in [1.29, 1.82) is 0 Å². The smallest absolute Gasteiger partial charge is 0.403 e. The van der Waals surface area contributed by atoms with Gasteiger partial charge in [0.15, 0.2) is 0 Å². The lowest BCUT2D eigenvalue weighted by atomic mass is 9.47. The second kappa shape index (κ2) is 6.56.